The summed E-state index contributed by atoms with van der Waals surface area (Å²) >= 11 is 1.84. The van der Waals surface area contributed by atoms with E-state index < -0.39 is 0 Å². The van der Waals surface area contributed by atoms with Crippen LogP contribution in [0.3, 0.4) is 0 Å². The van der Waals surface area contributed by atoms with Gasteiger partial charge < -0.3 is 5.32 Å². The summed E-state index contributed by atoms with van der Waals surface area (Å²) in [6.07, 6.45) is 8.26. The molecule has 0 radical (unpaired) electrons. The van der Waals surface area contributed by atoms with E-state index in [2.05, 4.69) is 36.7 Å². The summed E-state index contributed by atoms with van der Waals surface area (Å²) in [5.74, 6) is 0. The van der Waals surface area contributed by atoms with E-state index in [4.69, 9.17) is 0 Å². The smallest absolute Gasteiger partial charge is 0.0386 e. The fourth-order valence-corrected chi connectivity index (χ4v) is 2.62. The number of unbranched alkanes of at least 4 members (excludes halogenated alkanes) is 5. The zero-order chi connectivity index (χ0) is 11.6. The Bertz CT molecular complexity index is 243. The van der Waals surface area contributed by atoms with Gasteiger partial charge in [0, 0.05) is 10.9 Å². The minimum atomic E-state index is 0.524. The molecule has 0 saturated carbocycles. The molecule has 0 aliphatic heterocycles. The van der Waals surface area contributed by atoms with Crippen LogP contribution in [-0.4, -0.2) is 6.54 Å². The third-order valence-electron chi connectivity index (χ3n) is 2.95. The van der Waals surface area contributed by atoms with Crippen molar-refractivity contribution in [2.24, 2.45) is 0 Å². The first-order valence-electron chi connectivity index (χ1n) is 6.61. The summed E-state index contributed by atoms with van der Waals surface area (Å²) in [7, 11) is 0. The van der Waals surface area contributed by atoms with Crippen molar-refractivity contribution in [3.05, 3.63) is 22.4 Å². The lowest BCUT2D eigenvalue weighted by atomic mass is 10.1. The van der Waals surface area contributed by atoms with E-state index in [1.807, 2.05) is 11.3 Å². The minimum Gasteiger partial charge on any atom is -0.309 e. The summed E-state index contributed by atoms with van der Waals surface area (Å²) in [5, 5.41) is 5.74. The second-order valence-corrected chi connectivity index (χ2v) is 5.44. The van der Waals surface area contributed by atoms with Gasteiger partial charge in [-0.15, -0.1) is 11.3 Å². The molecule has 1 aromatic rings. The molecule has 0 spiro atoms. The molecule has 92 valence electrons. The predicted molar refractivity (Wildman–Crippen MR) is 74.1 cm³/mol. The van der Waals surface area contributed by atoms with Crippen LogP contribution < -0.4 is 5.32 Å². The molecule has 1 heterocycles. The number of hydrogen-bond acceptors (Lipinski definition) is 2. The molecule has 0 aromatic carbocycles. The summed E-state index contributed by atoms with van der Waals surface area (Å²) in [4.78, 5) is 1.45. The first kappa shape index (κ1) is 13.7. The van der Waals surface area contributed by atoms with E-state index in [0.717, 1.165) is 6.54 Å². The molecular weight excluding hydrogens is 214 g/mol. The Morgan fingerprint density at radius 2 is 1.94 bits per heavy atom. The number of hydrogen-bond donors (Lipinski definition) is 1. The Morgan fingerprint density at radius 1 is 1.19 bits per heavy atom. The molecule has 1 atom stereocenters. The molecule has 0 fully saturated rings. The average Bonchev–Trinajstić information content (AvgIpc) is 2.81. The fraction of sp³-hybridized carbons (Fsp3) is 0.714. The lowest BCUT2D eigenvalue weighted by Crippen LogP contribution is -2.18. The minimum absolute atomic E-state index is 0.524. The van der Waals surface area contributed by atoms with E-state index in [-0.39, 0.29) is 0 Å². The molecular formula is C14H25NS. The van der Waals surface area contributed by atoms with Crippen molar-refractivity contribution >= 4 is 11.3 Å². The van der Waals surface area contributed by atoms with Gasteiger partial charge in [0.25, 0.3) is 0 Å². The van der Waals surface area contributed by atoms with Gasteiger partial charge in [-0.05, 0) is 31.3 Å². The number of rotatable bonds is 9. The van der Waals surface area contributed by atoms with E-state index in [1.165, 1.54) is 43.4 Å². The summed E-state index contributed by atoms with van der Waals surface area (Å²) < 4.78 is 0. The van der Waals surface area contributed by atoms with E-state index in [0.29, 0.717) is 6.04 Å². The van der Waals surface area contributed by atoms with Crippen molar-refractivity contribution in [1.29, 1.82) is 0 Å². The van der Waals surface area contributed by atoms with E-state index in [9.17, 15) is 0 Å². The zero-order valence-electron chi connectivity index (χ0n) is 10.7. The molecule has 1 aromatic heterocycles. The highest BCUT2D eigenvalue weighted by Gasteiger charge is 2.03. The lowest BCUT2D eigenvalue weighted by molar-refractivity contribution is 0.531. The van der Waals surface area contributed by atoms with Crippen LogP contribution in [0.1, 0.15) is 63.3 Å². The maximum atomic E-state index is 3.59. The van der Waals surface area contributed by atoms with Crippen molar-refractivity contribution < 1.29 is 0 Å². The molecule has 1 nitrogen and oxygen atoms in total. The van der Waals surface area contributed by atoms with Gasteiger partial charge in [0.05, 0.1) is 0 Å². The molecule has 0 amide bonds. The second kappa shape index (κ2) is 8.77. The maximum Gasteiger partial charge on any atom is 0.0386 e. The molecule has 2 heteroatoms. The Balaban J connectivity index is 1.95. The van der Waals surface area contributed by atoms with Crippen LogP contribution in [0, 0.1) is 0 Å². The third kappa shape index (κ3) is 5.66. The summed E-state index contributed by atoms with van der Waals surface area (Å²) in [6.45, 7) is 5.68. The SMILES string of the molecule is CCCCCCCCNC(C)c1cccs1. The molecule has 0 aliphatic carbocycles. The van der Waals surface area contributed by atoms with Gasteiger partial charge in [0.15, 0.2) is 0 Å². The highest BCUT2D eigenvalue weighted by molar-refractivity contribution is 7.10. The quantitative estimate of drug-likeness (QED) is 0.613. The van der Waals surface area contributed by atoms with Gasteiger partial charge in [-0.1, -0.05) is 45.1 Å². The van der Waals surface area contributed by atoms with Gasteiger partial charge >= 0.3 is 0 Å². The van der Waals surface area contributed by atoms with Crippen molar-refractivity contribution in [2.45, 2.75) is 58.4 Å². The van der Waals surface area contributed by atoms with Crippen LogP contribution >= 0.6 is 11.3 Å². The summed E-state index contributed by atoms with van der Waals surface area (Å²) in [6, 6.07) is 4.86. The fourth-order valence-electron chi connectivity index (χ4n) is 1.86. The number of nitrogens with one attached hydrogen (secondary N) is 1. The van der Waals surface area contributed by atoms with Crippen LogP contribution in [0.25, 0.3) is 0 Å². The van der Waals surface area contributed by atoms with Gasteiger partial charge in [-0.3, -0.25) is 0 Å². The Kier molecular flexibility index (Phi) is 7.52. The Morgan fingerprint density at radius 3 is 2.62 bits per heavy atom. The zero-order valence-corrected chi connectivity index (χ0v) is 11.5. The molecule has 0 aliphatic rings. The predicted octanol–water partition coefficient (Wildman–Crippen LogP) is 4.76. The van der Waals surface area contributed by atoms with Crippen LogP contribution in [0.2, 0.25) is 0 Å². The summed E-state index contributed by atoms with van der Waals surface area (Å²) in [5.41, 5.74) is 0. The highest BCUT2D eigenvalue weighted by atomic mass is 32.1. The molecule has 1 rings (SSSR count). The second-order valence-electron chi connectivity index (χ2n) is 4.46. The van der Waals surface area contributed by atoms with Gasteiger partial charge in [-0.2, -0.15) is 0 Å². The van der Waals surface area contributed by atoms with Gasteiger partial charge in [0.2, 0.25) is 0 Å². The molecule has 1 N–H and O–H groups in total. The highest BCUT2D eigenvalue weighted by Crippen LogP contribution is 2.17. The Labute approximate surface area is 104 Å². The van der Waals surface area contributed by atoms with Crippen molar-refractivity contribution in [3.63, 3.8) is 0 Å². The van der Waals surface area contributed by atoms with E-state index >= 15 is 0 Å². The lowest BCUT2D eigenvalue weighted by Gasteiger charge is -2.11. The first-order valence-corrected chi connectivity index (χ1v) is 7.49. The normalized spacial score (nSPS) is 12.9. The van der Waals surface area contributed by atoms with Crippen LogP contribution in [0.4, 0.5) is 0 Å². The van der Waals surface area contributed by atoms with Gasteiger partial charge in [-0.25, -0.2) is 0 Å². The molecule has 0 saturated heterocycles. The van der Waals surface area contributed by atoms with Crippen LogP contribution in [-0.2, 0) is 0 Å². The van der Waals surface area contributed by atoms with Crippen molar-refractivity contribution in [3.8, 4) is 0 Å². The number of thiophene rings is 1. The maximum absolute atomic E-state index is 3.59. The topological polar surface area (TPSA) is 12.0 Å². The average molecular weight is 239 g/mol. The van der Waals surface area contributed by atoms with E-state index in [1.54, 1.807) is 0 Å². The molecule has 0 bridgehead atoms. The standard InChI is InChI=1S/C14H25NS/c1-3-4-5-6-7-8-11-15-13(2)14-10-9-12-16-14/h9-10,12-13,15H,3-8,11H2,1-2H3. The molecule has 1 unspecified atom stereocenters. The molecule has 16 heavy (non-hydrogen) atoms. The third-order valence-corrected chi connectivity index (χ3v) is 4.01. The Hall–Kier alpha value is -0.340. The van der Waals surface area contributed by atoms with Crippen LogP contribution in [0.5, 0.6) is 0 Å². The van der Waals surface area contributed by atoms with Crippen molar-refractivity contribution in [2.75, 3.05) is 6.54 Å². The first-order chi connectivity index (χ1) is 7.84. The van der Waals surface area contributed by atoms with Crippen molar-refractivity contribution in [1.82, 2.24) is 5.32 Å². The van der Waals surface area contributed by atoms with Gasteiger partial charge in [0.1, 0.15) is 0 Å². The monoisotopic (exact) mass is 239 g/mol. The largest absolute Gasteiger partial charge is 0.309 e. The van der Waals surface area contributed by atoms with Crippen LogP contribution in [0.15, 0.2) is 17.5 Å².